The van der Waals surface area contributed by atoms with Gasteiger partial charge in [0.1, 0.15) is 0 Å². The Morgan fingerprint density at radius 1 is 0.508 bits per heavy atom. The quantitative estimate of drug-likeness (QED) is 0.101. The standard InChI is InChI=1S/C18H24N2.C12H5F5N.C12H8F2N.F5P.FH.Ir/c1-17(2,3)13-7-9-19-15(11-13)16-12-14(8-10-20-16)18(4,5)6;13-8-2-3-9(10(14)5-8)11-4-1-7(6-18-11)12(15,16)17;1-8-2-5-12(15-7-8)10-4-3-9(13)6-11(10)14;1-6(2,3,4)5;;/h7-12H,1-6H3;1-2,4-6H;2-3,5-7H,1H3;;1H;/q;2*-1;;;+3/p-1. The average Bonchev–Trinajstić information content (AvgIpc) is 3.11. The molecule has 0 saturated heterocycles. The molecular formula is C42H37F13IrN4P. The molecule has 0 aliphatic rings. The first-order valence-electron chi connectivity index (χ1n) is 17.2. The molecule has 0 unspecified atom stereocenters. The summed E-state index contributed by atoms with van der Waals surface area (Å²) in [5, 5.41) is 0. The number of alkyl halides is 3. The number of benzene rings is 2. The van der Waals surface area contributed by atoms with E-state index in [9.17, 15) is 51.7 Å². The van der Waals surface area contributed by atoms with Gasteiger partial charge in [0.05, 0.1) is 17.0 Å². The molecule has 6 aromatic rings. The number of rotatable bonds is 3. The second-order valence-electron chi connectivity index (χ2n) is 14.7. The largest absolute Gasteiger partial charge is 3.00 e. The van der Waals surface area contributed by atoms with Crippen molar-refractivity contribution >= 4 is 8.16 Å². The van der Waals surface area contributed by atoms with Gasteiger partial charge in [-0.15, -0.1) is 24.3 Å². The van der Waals surface area contributed by atoms with Crippen LogP contribution < -0.4 is 4.70 Å². The molecule has 61 heavy (non-hydrogen) atoms. The molecule has 330 valence electrons. The molecule has 4 nitrogen and oxygen atoms in total. The van der Waals surface area contributed by atoms with Crippen molar-refractivity contribution in [2.75, 3.05) is 0 Å². The molecule has 0 fully saturated rings. The first kappa shape index (κ1) is 54.2. The van der Waals surface area contributed by atoms with E-state index in [0.29, 0.717) is 18.0 Å². The minimum Gasteiger partial charge on any atom is -1.00 e. The van der Waals surface area contributed by atoms with Gasteiger partial charge in [-0.2, -0.15) is 13.2 Å². The van der Waals surface area contributed by atoms with Crippen LogP contribution in [0.5, 0.6) is 0 Å². The minimum atomic E-state index is -8.55. The zero-order chi connectivity index (χ0) is 44.6. The van der Waals surface area contributed by atoms with Gasteiger partial charge < -0.3 is 14.7 Å². The van der Waals surface area contributed by atoms with Crippen molar-refractivity contribution in [3.63, 3.8) is 0 Å². The van der Waals surface area contributed by atoms with Gasteiger partial charge in [-0.1, -0.05) is 89.1 Å². The summed E-state index contributed by atoms with van der Waals surface area (Å²) < 4.78 is 138. The van der Waals surface area contributed by atoms with Crippen LogP contribution in [0.2, 0.25) is 0 Å². The number of aromatic nitrogens is 4. The third kappa shape index (κ3) is 18.8. The molecule has 4 aromatic heterocycles. The number of nitrogens with zero attached hydrogens (tertiary/aromatic N) is 4. The van der Waals surface area contributed by atoms with Gasteiger partial charge in [0.25, 0.3) is 0 Å². The maximum Gasteiger partial charge on any atom is 3.00 e. The van der Waals surface area contributed by atoms with Crippen LogP contribution in [0.15, 0.2) is 97.6 Å². The Morgan fingerprint density at radius 2 is 0.885 bits per heavy atom. The van der Waals surface area contributed by atoms with Crippen LogP contribution in [0.4, 0.5) is 51.7 Å². The predicted molar refractivity (Wildman–Crippen MR) is 204 cm³/mol. The van der Waals surface area contributed by atoms with E-state index in [1.165, 1.54) is 11.1 Å². The molecule has 0 aliphatic carbocycles. The molecule has 0 aliphatic heterocycles. The summed E-state index contributed by atoms with van der Waals surface area (Å²) >= 11 is 0. The Kier molecular flexibility index (Phi) is 19.0. The minimum absolute atomic E-state index is 0. The maximum atomic E-state index is 13.3. The van der Waals surface area contributed by atoms with E-state index in [1.54, 1.807) is 12.3 Å². The van der Waals surface area contributed by atoms with Gasteiger partial charge in [-0.25, -0.2) is 0 Å². The molecule has 0 radical (unpaired) electrons. The zero-order valence-corrected chi connectivity index (χ0v) is 36.5. The Balaban J connectivity index is 0.000000425. The predicted octanol–water partition coefficient (Wildman–Crippen LogP) is 11.7. The molecule has 0 amide bonds. The molecule has 0 atom stereocenters. The monoisotopic (exact) mass is 1070 g/mol. The maximum absolute atomic E-state index is 13.3. The normalized spacial score (nSPS) is 12.0. The molecular weight excluding hydrogens is 1030 g/mol. The fourth-order valence-electron chi connectivity index (χ4n) is 4.68. The summed E-state index contributed by atoms with van der Waals surface area (Å²) in [5.74, 6) is -3.03. The molecule has 6 rings (SSSR count). The molecule has 2 aromatic carbocycles. The number of pyridine rings is 4. The van der Waals surface area contributed by atoms with E-state index in [4.69, 9.17) is 0 Å². The van der Waals surface area contributed by atoms with Crippen LogP contribution in [0.25, 0.3) is 33.9 Å². The second kappa shape index (κ2) is 21.3. The van der Waals surface area contributed by atoms with Gasteiger partial charge >= 0.3 is 55.4 Å². The van der Waals surface area contributed by atoms with Gasteiger partial charge in [0.2, 0.25) is 0 Å². The van der Waals surface area contributed by atoms with E-state index in [1.807, 2.05) is 25.4 Å². The van der Waals surface area contributed by atoms with Crippen molar-refractivity contribution in [2.24, 2.45) is 0 Å². The summed E-state index contributed by atoms with van der Waals surface area (Å²) in [4.78, 5) is 16.5. The van der Waals surface area contributed by atoms with E-state index >= 15 is 0 Å². The molecule has 4 heterocycles. The summed E-state index contributed by atoms with van der Waals surface area (Å²) in [6.45, 7) is 15.2. The fraction of sp³-hybridized carbons (Fsp3) is 0.238. The van der Waals surface area contributed by atoms with Gasteiger partial charge in [-0.05, 0) is 70.1 Å². The van der Waals surface area contributed by atoms with Gasteiger partial charge in [0.15, 0.2) is 0 Å². The van der Waals surface area contributed by atoms with E-state index in [0.717, 1.165) is 47.3 Å². The van der Waals surface area contributed by atoms with E-state index in [-0.39, 0.29) is 52.5 Å². The van der Waals surface area contributed by atoms with E-state index in [2.05, 4.69) is 97.9 Å². The topological polar surface area (TPSA) is 51.6 Å². The first-order valence-corrected chi connectivity index (χ1v) is 18.9. The number of hydrogen-bond acceptors (Lipinski definition) is 4. The van der Waals surface area contributed by atoms with Crippen LogP contribution in [0.3, 0.4) is 0 Å². The molecule has 0 saturated carbocycles. The molecule has 0 N–H and O–H groups in total. The van der Waals surface area contributed by atoms with Crippen LogP contribution in [-0.2, 0) is 37.1 Å². The van der Waals surface area contributed by atoms with Gasteiger partial charge in [0, 0.05) is 48.1 Å². The zero-order valence-electron chi connectivity index (χ0n) is 33.2. The van der Waals surface area contributed by atoms with Gasteiger partial charge in [-0.3, -0.25) is 27.5 Å². The summed E-state index contributed by atoms with van der Waals surface area (Å²) in [6.07, 6.45) is 1.47. The number of hydrogen-bond donors (Lipinski definition) is 0. The Bertz CT molecular complexity index is 2250. The van der Waals surface area contributed by atoms with Crippen molar-refractivity contribution in [1.82, 2.24) is 19.9 Å². The smallest absolute Gasteiger partial charge is 1.00 e. The van der Waals surface area contributed by atoms with E-state index < -0.39 is 43.2 Å². The molecule has 0 spiro atoms. The average molecular weight is 1070 g/mol. The number of aryl methyl sites for hydroxylation is 1. The Labute approximate surface area is 358 Å². The van der Waals surface area contributed by atoms with Crippen molar-refractivity contribution in [1.29, 1.82) is 0 Å². The van der Waals surface area contributed by atoms with Crippen LogP contribution in [0, 0.1) is 42.3 Å². The summed E-state index contributed by atoms with van der Waals surface area (Å²) in [5.41, 5.74) is 5.19. The van der Waals surface area contributed by atoms with Crippen molar-refractivity contribution in [3.8, 4) is 33.9 Å². The van der Waals surface area contributed by atoms with Crippen LogP contribution >= 0.6 is 8.16 Å². The van der Waals surface area contributed by atoms with Crippen molar-refractivity contribution in [3.05, 3.63) is 155 Å². The second-order valence-corrected chi connectivity index (χ2v) is 16.0. The number of halogens is 13. The van der Waals surface area contributed by atoms with Crippen LogP contribution in [0.1, 0.15) is 63.8 Å². The Hall–Kier alpha value is -4.79. The SMILES string of the molecule is CC(C)(C)c1ccnc(-c2cc(C(C)(C)C)ccn2)c1.Cc1ccc(-c2[c-]cc(F)cc2F)nc1.FP(F)(F)(F)F.Fc1c[c-]c(-c2ccc(C(F)(F)F)cn2)c(F)c1.[F-].[Ir+3]. The summed E-state index contributed by atoms with van der Waals surface area (Å²) in [7, 11) is -8.55. The molecule has 19 heteroatoms. The van der Waals surface area contributed by atoms with Crippen molar-refractivity contribution in [2.45, 2.75) is 65.5 Å². The first-order chi connectivity index (χ1) is 27.0. The molecule has 0 bridgehead atoms. The third-order valence-corrected chi connectivity index (χ3v) is 7.74. The third-order valence-electron chi connectivity index (χ3n) is 7.74. The Morgan fingerprint density at radius 3 is 1.18 bits per heavy atom. The fourth-order valence-corrected chi connectivity index (χ4v) is 4.68. The van der Waals surface area contributed by atoms with Crippen molar-refractivity contribution < 1.29 is 76.5 Å². The van der Waals surface area contributed by atoms with Crippen LogP contribution in [-0.4, -0.2) is 19.9 Å². The summed E-state index contributed by atoms with van der Waals surface area (Å²) in [6, 6.07) is 22.0.